The van der Waals surface area contributed by atoms with Crippen LogP contribution in [0.2, 0.25) is 0 Å². The number of hydrogen-bond acceptors (Lipinski definition) is 2. The van der Waals surface area contributed by atoms with Crippen molar-refractivity contribution in [3.8, 4) is 0 Å². The maximum absolute atomic E-state index is 6.01. The highest BCUT2D eigenvalue weighted by Crippen LogP contribution is 2.34. The van der Waals surface area contributed by atoms with E-state index in [-0.39, 0.29) is 0 Å². The highest BCUT2D eigenvalue weighted by Gasteiger charge is 2.21. The number of benzene rings is 1. The molecule has 0 saturated heterocycles. The van der Waals surface area contributed by atoms with Crippen LogP contribution in [0, 0.1) is 13.8 Å². The third kappa shape index (κ3) is 1.86. The number of nitrogens with zero attached hydrogens (tertiary/aromatic N) is 1. The normalized spacial score (nSPS) is 17.8. The fraction of sp³-hybridized carbons (Fsp3) is 0.533. The van der Waals surface area contributed by atoms with Gasteiger partial charge in [0.15, 0.2) is 11.5 Å². The Morgan fingerprint density at radius 3 is 2.47 bits per heavy atom. The van der Waals surface area contributed by atoms with Crippen molar-refractivity contribution < 1.29 is 4.42 Å². The van der Waals surface area contributed by atoms with Gasteiger partial charge in [-0.15, -0.1) is 0 Å². The second-order valence-electron chi connectivity index (χ2n) is 5.26. The van der Waals surface area contributed by atoms with Crippen LogP contribution in [-0.2, 0) is 0 Å². The third-order valence-electron chi connectivity index (χ3n) is 3.91. The maximum atomic E-state index is 6.01. The molecule has 0 bridgehead atoms. The van der Waals surface area contributed by atoms with Gasteiger partial charge in [-0.05, 0) is 37.8 Å². The summed E-state index contributed by atoms with van der Waals surface area (Å²) in [4.78, 5) is 4.73. The molecule has 1 aliphatic carbocycles. The van der Waals surface area contributed by atoms with Crippen LogP contribution >= 0.6 is 0 Å². The fourth-order valence-corrected chi connectivity index (χ4v) is 2.80. The average molecular weight is 229 g/mol. The molecule has 2 nitrogen and oxygen atoms in total. The molecule has 1 aromatic carbocycles. The zero-order valence-electron chi connectivity index (χ0n) is 10.6. The quantitative estimate of drug-likeness (QED) is 0.720. The molecule has 0 N–H and O–H groups in total. The van der Waals surface area contributed by atoms with E-state index in [0.717, 1.165) is 17.0 Å². The Morgan fingerprint density at radius 1 is 1.06 bits per heavy atom. The molecule has 17 heavy (non-hydrogen) atoms. The summed E-state index contributed by atoms with van der Waals surface area (Å²) < 4.78 is 6.01. The Balaban J connectivity index is 2.06. The van der Waals surface area contributed by atoms with Gasteiger partial charge in [0.05, 0.1) is 0 Å². The predicted octanol–water partition coefficient (Wildman–Crippen LogP) is 4.49. The largest absolute Gasteiger partial charge is 0.440 e. The van der Waals surface area contributed by atoms with Crippen LogP contribution in [0.1, 0.15) is 55.0 Å². The molecule has 0 aliphatic heterocycles. The summed E-state index contributed by atoms with van der Waals surface area (Å²) >= 11 is 0. The molecule has 1 aliphatic rings. The molecular weight excluding hydrogens is 210 g/mol. The lowest BCUT2D eigenvalue weighted by Gasteiger charge is -2.17. The van der Waals surface area contributed by atoms with Crippen molar-refractivity contribution in [2.75, 3.05) is 0 Å². The monoisotopic (exact) mass is 229 g/mol. The molecular formula is C15H19NO. The van der Waals surface area contributed by atoms with Gasteiger partial charge in [0.1, 0.15) is 5.52 Å². The molecule has 3 rings (SSSR count). The molecule has 90 valence electrons. The number of hydrogen-bond donors (Lipinski definition) is 0. The Kier molecular flexibility index (Phi) is 2.65. The Labute approximate surface area is 102 Å². The first-order chi connectivity index (χ1) is 8.25. The predicted molar refractivity (Wildman–Crippen MR) is 69.3 cm³/mol. The second-order valence-corrected chi connectivity index (χ2v) is 5.26. The summed E-state index contributed by atoms with van der Waals surface area (Å²) in [6.07, 6.45) is 6.49. The van der Waals surface area contributed by atoms with E-state index in [1.54, 1.807) is 0 Å². The molecule has 0 radical (unpaired) electrons. The van der Waals surface area contributed by atoms with Crippen LogP contribution in [-0.4, -0.2) is 4.98 Å². The van der Waals surface area contributed by atoms with E-state index in [9.17, 15) is 0 Å². The van der Waals surface area contributed by atoms with Gasteiger partial charge < -0.3 is 4.42 Å². The van der Waals surface area contributed by atoms with E-state index in [0.29, 0.717) is 5.92 Å². The first-order valence-corrected chi connectivity index (χ1v) is 6.62. The van der Waals surface area contributed by atoms with Crippen LogP contribution in [0.15, 0.2) is 16.5 Å². The van der Waals surface area contributed by atoms with Gasteiger partial charge >= 0.3 is 0 Å². The molecule has 0 unspecified atom stereocenters. The Hall–Kier alpha value is -1.31. The maximum Gasteiger partial charge on any atom is 0.198 e. The molecule has 0 amide bonds. The van der Waals surface area contributed by atoms with Crippen molar-refractivity contribution in [1.29, 1.82) is 0 Å². The van der Waals surface area contributed by atoms with Crippen LogP contribution in [0.5, 0.6) is 0 Å². The van der Waals surface area contributed by atoms with Crippen LogP contribution in [0.25, 0.3) is 11.1 Å². The van der Waals surface area contributed by atoms with Crippen molar-refractivity contribution >= 4 is 11.1 Å². The highest BCUT2D eigenvalue weighted by atomic mass is 16.3. The number of aromatic nitrogens is 1. The topological polar surface area (TPSA) is 26.0 Å². The number of fused-ring (bicyclic) bond motifs is 1. The summed E-state index contributed by atoms with van der Waals surface area (Å²) in [5.41, 5.74) is 4.47. The zero-order chi connectivity index (χ0) is 11.8. The molecule has 0 spiro atoms. The summed E-state index contributed by atoms with van der Waals surface area (Å²) in [7, 11) is 0. The van der Waals surface area contributed by atoms with E-state index in [4.69, 9.17) is 9.40 Å². The van der Waals surface area contributed by atoms with Crippen molar-refractivity contribution in [2.24, 2.45) is 0 Å². The summed E-state index contributed by atoms with van der Waals surface area (Å²) in [5.74, 6) is 1.52. The number of rotatable bonds is 1. The first kappa shape index (κ1) is 10.8. The van der Waals surface area contributed by atoms with E-state index < -0.39 is 0 Å². The van der Waals surface area contributed by atoms with Crippen molar-refractivity contribution in [3.63, 3.8) is 0 Å². The van der Waals surface area contributed by atoms with Gasteiger partial charge in [-0.3, -0.25) is 0 Å². The minimum absolute atomic E-state index is 0.551. The Morgan fingerprint density at radius 2 is 1.76 bits per heavy atom. The molecule has 1 saturated carbocycles. The van der Waals surface area contributed by atoms with Gasteiger partial charge in [0, 0.05) is 5.92 Å². The standard InChI is InChI=1S/C15H19NO/c1-10-8-9-11(2)14-13(10)16-15(17-14)12-6-4-3-5-7-12/h8-9,12H,3-7H2,1-2H3. The lowest BCUT2D eigenvalue weighted by Crippen LogP contribution is -2.04. The van der Waals surface area contributed by atoms with Gasteiger partial charge in [-0.2, -0.15) is 0 Å². The summed E-state index contributed by atoms with van der Waals surface area (Å²) in [6.45, 7) is 4.20. The highest BCUT2D eigenvalue weighted by molar-refractivity contribution is 5.79. The van der Waals surface area contributed by atoms with Crippen LogP contribution < -0.4 is 0 Å². The minimum Gasteiger partial charge on any atom is -0.440 e. The summed E-state index contributed by atoms with van der Waals surface area (Å²) in [5, 5.41) is 0. The molecule has 0 atom stereocenters. The first-order valence-electron chi connectivity index (χ1n) is 6.62. The number of aryl methyl sites for hydroxylation is 2. The van der Waals surface area contributed by atoms with E-state index in [1.807, 2.05) is 0 Å². The average Bonchev–Trinajstić information content (AvgIpc) is 2.81. The van der Waals surface area contributed by atoms with Crippen LogP contribution in [0.4, 0.5) is 0 Å². The van der Waals surface area contributed by atoms with Gasteiger partial charge in [0.2, 0.25) is 0 Å². The lowest BCUT2D eigenvalue weighted by molar-refractivity contribution is 0.373. The zero-order valence-corrected chi connectivity index (χ0v) is 10.6. The molecule has 2 heteroatoms. The third-order valence-corrected chi connectivity index (χ3v) is 3.91. The van der Waals surface area contributed by atoms with Crippen molar-refractivity contribution in [1.82, 2.24) is 4.98 Å². The van der Waals surface area contributed by atoms with Crippen molar-refractivity contribution in [3.05, 3.63) is 29.2 Å². The molecule has 1 heterocycles. The minimum atomic E-state index is 0.551. The Bertz CT molecular complexity index is 496. The SMILES string of the molecule is Cc1ccc(C)c2oc(C3CCCCC3)nc12. The van der Waals surface area contributed by atoms with E-state index >= 15 is 0 Å². The smallest absolute Gasteiger partial charge is 0.198 e. The fourth-order valence-electron chi connectivity index (χ4n) is 2.80. The summed E-state index contributed by atoms with van der Waals surface area (Å²) in [6, 6.07) is 4.25. The van der Waals surface area contributed by atoms with E-state index in [2.05, 4.69) is 26.0 Å². The molecule has 2 aromatic rings. The van der Waals surface area contributed by atoms with Gasteiger partial charge in [0.25, 0.3) is 0 Å². The van der Waals surface area contributed by atoms with Gasteiger partial charge in [-0.1, -0.05) is 31.4 Å². The number of oxazole rings is 1. The lowest BCUT2D eigenvalue weighted by atomic mass is 9.89. The molecule has 1 aromatic heterocycles. The van der Waals surface area contributed by atoms with Crippen LogP contribution in [0.3, 0.4) is 0 Å². The van der Waals surface area contributed by atoms with E-state index in [1.165, 1.54) is 43.2 Å². The molecule has 1 fully saturated rings. The van der Waals surface area contributed by atoms with Crippen molar-refractivity contribution in [2.45, 2.75) is 51.9 Å². The van der Waals surface area contributed by atoms with Gasteiger partial charge in [-0.25, -0.2) is 4.98 Å². The second kappa shape index (κ2) is 4.17.